The van der Waals surface area contributed by atoms with E-state index in [2.05, 4.69) is 22.0 Å². The van der Waals surface area contributed by atoms with Crippen LogP contribution in [0.5, 0.6) is 0 Å². The van der Waals surface area contributed by atoms with Crippen LogP contribution in [0.2, 0.25) is 0 Å². The first-order chi connectivity index (χ1) is 9.76. The van der Waals surface area contributed by atoms with E-state index in [-0.39, 0.29) is 0 Å². The van der Waals surface area contributed by atoms with Crippen LogP contribution in [0.25, 0.3) is 10.8 Å². The number of likely N-dealkylation sites (tertiary alicyclic amines) is 1. The zero-order chi connectivity index (χ0) is 13.9. The summed E-state index contributed by atoms with van der Waals surface area (Å²) in [6.07, 6.45) is 4.54. The minimum absolute atomic E-state index is 0.314. The number of rotatable bonds is 5. The Morgan fingerprint density at radius 1 is 1.40 bits per heavy atom. The zero-order valence-corrected chi connectivity index (χ0v) is 13.1. The second-order valence-corrected chi connectivity index (χ2v) is 6.41. The van der Waals surface area contributed by atoms with E-state index in [1.54, 1.807) is 11.3 Å². The highest BCUT2D eigenvalue weighted by atomic mass is 32.1. The summed E-state index contributed by atoms with van der Waals surface area (Å²) in [6.45, 7) is 5.66. The highest BCUT2D eigenvalue weighted by molar-refractivity contribution is 7.71. The van der Waals surface area contributed by atoms with Gasteiger partial charge in [0.2, 0.25) is 0 Å². The van der Waals surface area contributed by atoms with Crippen molar-refractivity contribution in [2.75, 3.05) is 19.6 Å². The van der Waals surface area contributed by atoms with E-state index in [1.165, 1.54) is 25.9 Å². The van der Waals surface area contributed by atoms with Crippen LogP contribution < -0.4 is 0 Å². The van der Waals surface area contributed by atoms with E-state index >= 15 is 0 Å². The lowest BCUT2D eigenvalue weighted by Crippen LogP contribution is -2.21. The Kier molecular flexibility index (Phi) is 4.28. The normalized spacial score (nSPS) is 16.1. The van der Waals surface area contributed by atoms with Gasteiger partial charge in [0, 0.05) is 13.0 Å². The number of nitrogens with one attached hydrogen (secondary N) is 1. The van der Waals surface area contributed by atoms with Crippen LogP contribution in [-0.4, -0.2) is 39.7 Å². The molecule has 0 unspecified atom stereocenters. The first-order valence-corrected chi connectivity index (χ1v) is 8.25. The van der Waals surface area contributed by atoms with Gasteiger partial charge in [-0.2, -0.15) is 0 Å². The van der Waals surface area contributed by atoms with E-state index in [4.69, 9.17) is 21.6 Å². The Labute approximate surface area is 127 Å². The Hall–Kier alpha value is -1.05. The van der Waals surface area contributed by atoms with Gasteiger partial charge >= 0.3 is 0 Å². The van der Waals surface area contributed by atoms with E-state index in [1.807, 2.05) is 0 Å². The smallest absolute Gasteiger partial charge is 0.284 e. The lowest BCUT2D eigenvalue weighted by atomic mass is 10.3. The summed E-state index contributed by atoms with van der Waals surface area (Å²) >= 11 is 6.61. The average molecular weight is 310 g/mol. The quantitative estimate of drug-likeness (QED) is 0.860. The number of hydrogen-bond acceptors (Lipinski definition) is 6. The summed E-state index contributed by atoms with van der Waals surface area (Å²) in [5.74, 6) is 0.566. The SMILES string of the molecule is CCc1nc(CCN2CCCC2)sc1-c1n[nH]c(=S)o1. The molecule has 0 aliphatic carbocycles. The molecule has 108 valence electrons. The van der Waals surface area contributed by atoms with Crippen LogP contribution in [0.4, 0.5) is 0 Å². The summed E-state index contributed by atoms with van der Waals surface area (Å²) in [7, 11) is 0. The first kappa shape index (κ1) is 13.9. The van der Waals surface area contributed by atoms with Crippen LogP contribution in [0, 0.1) is 4.84 Å². The summed E-state index contributed by atoms with van der Waals surface area (Å²) in [4.78, 5) is 8.55. The summed E-state index contributed by atoms with van der Waals surface area (Å²) in [5.41, 5.74) is 1.05. The van der Waals surface area contributed by atoms with Crippen molar-refractivity contribution in [3.63, 3.8) is 0 Å². The molecule has 5 nitrogen and oxygen atoms in total. The fraction of sp³-hybridized carbons (Fsp3) is 0.615. The highest BCUT2D eigenvalue weighted by Gasteiger charge is 2.17. The monoisotopic (exact) mass is 310 g/mol. The van der Waals surface area contributed by atoms with Gasteiger partial charge in [-0.15, -0.1) is 16.4 Å². The lowest BCUT2D eigenvalue weighted by molar-refractivity contribution is 0.343. The minimum Gasteiger partial charge on any atom is -0.408 e. The van der Waals surface area contributed by atoms with Gasteiger partial charge in [0.15, 0.2) is 0 Å². The second-order valence-electron chi connectivity index (χ2n) is 4.95. The predicted molar refractivity (Wildman–Crippen MR) is 81.6 cm³/mol. The molecule has 20 heavy (non-hydrogen) atoms. The molecule has 1 saturated heterocycles. The molecule has 0 atom stereocenters. The number of nitrogens with zero attached hydrogens (tertiary/aromatic N) is 3. The molecule has 7 heteroatoms. The Morgan fingerprint density at radius 3 is 2.85 bits per heavy atom. The van der Waals surface area contributed by atoms with Gasteiger partial charge in [-0.3, -0.25) is 0 Å². The summed E-state index contributed by atoms with van der Waals surface area (Å²) < 4.78 is 5.41. The Morgan fingerprint density at radius 2 is 2.20 bits per heavy atom. The average Bonchev–Trinajstić information content (AvgIpc) is 3.16. The highest BCUT2D eigenvalue weighted by Crippen LogP contribution is 2.29. The van der Waals surface area contributed by atoms with Crippen LogP contribution in [0.15, 0.2) is 4.42 Å². The molecule has 2 aromatic heterocycles. The van der Waals surface area contributed by atoms with Gasteiger partial charge in [0.05, 0.1) is 10.7 Å². The van der Waals surface area contributed by atoms with Crippen LogP contribution >= 0.6 is 23.6 Å². The fourth-order valence-corrected chi connectivity index (χ4v) is 3.69. The summed E-state index contributed by atoms with van der Waals surface area (Å²) in [5, 5.41) is 7.94. The van der Waals surface area contributed by atoms with Gasteiger partial charge in [0.1, 0.15) is 4.88 Å². The molecule has 0 bridgehead atoms. The number of aryl methyl sites for hydroxylation is 1. The standard InChI is InChI=1S/C13H18N4OS2/c1-2-9-11(12-15-16-13(19)18-12)20-10(14-9)5-8-17-6-3-4-7-17/h2-8H2,1H3,(H,16,19). The molecule has 1 aliphatic rings. The molecule has 3 heterocycles. The Balaban J connectivity index is 1.75. The molecule has 1 aliphatic heterocycles. The molecule has 1 N–H and O–H groups in total. The molecule has 0 aromatic carbocycles. The van der Waals surface area contributed by atoms with Crippen LogP contribution in [0.1, 0.15) is 30.5 Å². The van der Waals surface area contributed by atoms with Gasteiger partial charge in [-0.05, 0) is 44.6 Å². The van der Waals surface area contributed by atoms with E-state index in [0.29, 0.717) is 10.7 Å². The number of H-pyrrole nitrogens is 1. The van der Waals surface area contributed by atoms with Crippen molar-refractivity contribution in [1.82, 2.24) is 20.1 Å². The largest absolute Gasteiger partial charge is 0.408 e. The Bertz CT molecular complexity index is 624. The van der Waals surface area contributed by atoms with Crippen molar-refractivity contribution >= 4 is 23.6 Å². The van der Waals surface area contributed by atoms with Gasteiger partial charge in [-0.1, -0.05) is 6.92 Å². The second kappa shape index (κ2) is 6.15. The van der Waals surface area contributed by atoms with E-state index < -0.39 is 0 Å². The van der Waals surface area contributed by atoms with Crippen molar-refractivity contribution in [2.24, 2.45) is 0 Å². The van der Waals surface area contributed by atoms with Gasteiger partial charge in [0.25, 0.3) is 10.7 Å². The van der Waals surface area contributed by atoms with Crippen molar-refractivity contribution in [3.05, 3.63) is 15.5 Å². The topological polar surface area (TPSA) is 58.0 Å². The fourth-order valence-electron chi connectivity index (χ4n) is 2.50. The number of aromatic amines is 1. The van der Waals surface area contributed by atoms with E-state index in [9.17, 15) is 0 Å². The first-order valence-electron chi connectivity index (χ1n) is 7.03. The van der Waals surface area contributed by atoms with Crippen molar-refractivity contribution < 1.29 is 4.42 Å². The molecular weight excluding hydrogens is 292 g/mol. The van der Waals surface area contributed by atoms with Gasteiger partial charge in [-0.25, -0.2) is 10.1 Å². The van der Waals surface area contributed by atoms with Crippen molar-refractivity contribution in [3.8, 4) is 10.8 Å². The minimum atomic E-state index is 0.314. The molecule has 0 spiro atoms. The van der Waals surface area contributed by atoms with Crippen molar-refractivity contribution in [1.29, 1.82) is 0 Å². The van der Waals surface area contributed by atoms with Gasteiger partial charge < -0.3 is 9.32 Å². The lowest BCUT2D eigenvalue weighted by Gasteiger charge is -2.12. The molecule has 0 radical (unpaired) electrons. The van der Waals surface area contributed by atoms with Crippen LogP contribution in [0.3, 0.4) is 0 Å². The maximum absolute atomic E-state index is 5.41. The maximum Gasteiger partial charge on any atom is 0.284 e. The molecule has 2 aromatic rings. The molecule has 0 amide bonds. The predicted octanol–water partition coefficient (Wildman–Crippen LogP) is 3.06. The van der Waals surface area contributed by atoms with Crippen molar-refractivity contribution in [2.45, 2.75) is 32.6 Å². The summed E-state index contributed by atoms with van der Waals surface area (Å²) in [6, 6.07) is 0. The third-order valence-corrected chi connectivity index (χ3v) is 4.87. The molecular formula is C13H18N4OS2. The third kappa shape index (κ3) is 2.99. The molecule has 0 saturated carbocycles. The number of aromatic nitrogens is 3. The number of hydrogen-bond donors (Lipinski definition) is 1. The van der Waals surface area contributed by atoms with E-state index in [0.717, 1.165) is 35.0 Å². The van der Waals surface area contributed by atoms with Crippen LogP contribution in [-0.2, 0) is 12.8 Å². The zero-order valence-electron chi connectivity index (χ0n) is 11.5. The number of thiazole rings is 1. The third-order valence-electron chi connectivity index (χ3n) is 3.55. The molecule has 1 fully saturated rings. The molecule has 3 rings (SSSR count). The maximum atomic E-state index is 5.41.